The van der Waals surface area contributed by atoms with Gasteiger partial charge in [-0.15, -0.1) is 0 Å². The first-order chi connectivity index (χ1) is 18.9. The molecule has 0 aliphatic carbocycles. The molecule has 11 heteroatoms. The maximum atomic E-state index is 12.7. The highest BCUT2D eigenvalue weighted by atomic mass is 16.6. The van der Waals surface area contributed by atoms with Crippen LogP contribution >= 0.6 is 0 Å². The summed E-state index contributed by atoms with van der Waals surface area (Å²) < 4.78 is 16.4. The Hall–Kier alpha value is -3.83. The molecule has 0 fully saturated rings. The number of fused-ring (bicyclic) bond motifs is 1. The van der Waals surface area contributed by atoms with Crippen molar-refractivity contribution in [1.82, 2.24) is 5.32 Å². The Labute approximate surface area is 229 Å². The second-order valence-corrected chi connectivity index (χ2v) is 9.26. The van der Waals surface area contributed by atoms with Gasteiger partial charge in [0.05, 0.1) is 12.2 Å². The first kappa shape index (κ1) is 29.7. The van der Waals surface area contributed by atoms with Gasteiger partial charge in [-0.1, -0.05) is 24.3 Å². The van der Waals surface area contributed by atoms with Crippen LogP contribution < -0.4 is 31.7 Å². The number of ether oxygens (including phenoxy) is 3. The molecule has 0 spiro atoms. The van der Waals surface area contributed by atoms with Crippen molar-refractivity contribution in [3.05, 3.63) is 54.1 Å². The zero-order chi connectivity index (χ0) is 28.0. The minimum absolute atomic E-state index is 0.153. The second-order valence-electron chi connectivity index (χ2n) is 9.26. The average molecular weight is 541 g/mol. The molecule has 39 heavy (non-hydrogen) atoms. The molecule has 1 heterocycles. The molecule has 1 aliphatic heterocycles. The summed E-state index contributed by atoms with van der Waals surface area (Å²) in [6, 6.07) is 14.9. The van der Waals surface area contributed by atoms with Crippen LogP contribution in [0.2, 0.25) is 0 Å². The minimum Gasteiger partial charge on any atom is -0.490 e. The number of carbonyl (C=O) groups excluding carboxylic acids is 2. The van der Waals surface area contributed by atoms with E-state index in [0.29, 0.717) is 26.2 Å². The van der Waals surface area contributed by atoms with Gasteiger partial charge in [0.15, 0.2) is 12.1 Å². The van der Waals surface area contributed by atoms with Gasteiger partial charge >= 0.3 is 11.9 Å². The Balaban J connectivity index is 1.46. The summed E-state index contributed by atoms with van der Waals surface area (Å²) in [5.74, 6) is -0.786. The van der Waals surface area contributed by atoms with Crippen LogP contribution in [0.15, 0.2) is 48.5 Å². The lowest BCUT2D eigenvalue weighted by molar-refractivity contribution is -0.169. The molecule has 7 N–H and O–H groups in total. The number of guanidine groups is 1. The zero-order valence-electron chi connectivity index (χ0n) is 22.5. The number of nitrogens with one attached hydrogen (secondary N) is 3. The predicted octanol–water partition coefficient (Wildman–Crippen LogP) is 2.00. The van der Waals surface area contributed by atoms with Crippen LogP contribution in [0, 0.1) is 5.41 Å². The largest absolute Gasteiger partial charge is 0.490 e. The SMILES string of the molecule is CCOC(Cc1cccc(NCCCN2CCOc3ccccc32)c1)C(=O)OC(=O)[C@@H](N)CCCNC(=N)N. The molecule has 0 aromatic heterocycles. The third-order valence-electron chi connectivity index (χ3n) is 6.25. The van der Waals surface area contributed by atoms with Crippen molar-refractivity contribution in [2.24, 2.45) is 11.5 Å². The van der Waals surface area contributed by atoms with Gasteiger partial charge < -0.3 is 41.2 Å². The fourth-order valence-electron chi connectivity index (χ4n) is 4.30. The molecule has 2 atom stereocenters. The van der Waals surface area contributed by atoms with E-state index in [9.17, 15) is 9.59 Å². The lowest BCUT2D eigenvalue weighted by Crippen LogP contribution is -2.39. The molecular weight excluding hydrogens is 500 g/mol. The topological polar surface area (TPSA) is 165 Å². The number of carbonyl (C=O) groups is 2. The highest BCUT2D eigenvalue weighted by molar-refractivity contribution is 5.90. The quantitative estimate of drug-likeness (QED) is 0.0741. The molecule has 0 saturated carbocycles. The molecule has 0 saturated heterocycles. The van der Waals surface area contributed by atoms with Gasteiger partial charge in [-0.3, -0.25) is 5.41 Å². The first-order valence-corrected chi connectivity index (χ1v) is 13.4. The molecule has 0 amide bonds. The number of rotatable bonds is 15. The van der Waals surface area contributed by atoms with Crippen molar-refractivity contribution < 1.29 is 23.8 Å². The monoisotopic (exact) mass is 540 g/mol. The van der Waals surface area contributed by atoms with Crippen molar-refractivity contribution in [3.8, 4) is 5.75 Å². The van der Waals surface area contributed by atoms with Crippen molar-refractivity contribution in [1.29, 1.82) is 5.41 Å². The van der Waals surface area contributed by atoms with E-state index in [4.69, 9.17) is 31.1 Å². The standard InChI is InChI=1S/C28H40N6O5/c1-2-37-25(27(36)39-26(35)22(29)10-6-13-33-28(30)31)19-20-8-5-9-21(18-20)32-14-7-15-34-16-17-38-24-12-4-3-11-23(24)34/h3-5,8-9,11-12,18,22,25,32H,2,6-7,10,13-17,19,29H2,1H3,(H4,30,31,33)/t22-,25?/m0/s1. The van der Waals surface area contributed by atoms with Gasteiger partial charge in [-0.05, 0) is 56.0 Å². The van der Waals surface area contributed by atoms with Gasteiger partial charge in [-0.2, -0.15) is 0 Å². The molecule has 0 radical (unpaired) electrons. The van der Waals surface area contributed by atoms with Crippen molar-refractivity contribution in [3.63, 3.8) is 0 Å². The van der Waals surface area contributed by atoms with E-state index in [2.05, 4.69) is 21.6 Å². The number of nitrogens with zero attached hydrogens (tertiary/aromatic N) is 1. The van der Waals surface area contributed by atoms with Gasteiger partial charge in [0, 0.05) is 38.3 Å². The number of benzene rings is 2. The van der Waals surface area contributed by atoms with Crippen molar-refractivity contribution in [2.75, 3.05) is 49.6 Å². The first-order valence-electron chi connectivity index (χ1n) is 13.4. The highest BCUT2D eigenvalue weighted by Gasteiger charge is 2.26. The Bertz CT molecular complexity index is 1100. The summed E-state index contributed by atoms with van der Waals surface area (Å²) in [4.78, 5) is 27.3. The van der Waals surface area contributed by atoms with E-state index >= 15 is 0 Å². The Morgan fingerprint density at radius 2 is 1.95 bits per heavy atom. The highest BCUT2D eigenvalue weighted by Crippen LogP contribution is 2.30. The van der Waals surface area contributed by atoms with Gasteiger partial charge in [0.2, 0.25) is 0 Å². The maximum absolute atomic E-state index is 12.7. The van der Waals surface area contributed by atoms with E-state index in [1.165, 1.54) is 0 Å². The molecule has 11 nitrogen and oxygen atoms in total. The number of nitrogens with two attached hydrogens (primary N) is 2. The van der Waals surface area contributed by atoms with Crippen LogP contribution in [0.5, 0.6) is 5.75 Å². The van der Waals surface area contributed by atoms with Crippen molar-refractivity contribution >= 4 is 29.3 Å². The number of hydrogen-bond acceptors (Lipinski definition) is 9. The lowest BCUT2D eigenvalue weighted by atomic mass is 10.1. The molecule has 2 aromatic carbocycles. The normalized spacial score (nSPS) is 13.9. The summed E-state index contributed by atoms with van der Waals surface area (Å²) in [6.45, 7) is 5.72. The minimum atomic E-state index is -0.955. The Morgan fingerprint density at radius 3 is 2.74 bits per heavy atom. The number of esters is 2. The summed E-state index contributed by atoms with van der Waals surface area (Å²) in [5, 5.41) is 13.2. The predicted molar refractivity (Wildman–Crippen MR) is 151 cm³/mol. The number of para-hydroxylation sites is 2. The summed E-state index contributed by atoms with van der Waals surface area (Å²) >= 11 is 0. The number of anilines is 2. The van der Waals surface area contributed by atoms with E-state index in [1.807, 2.05) is 42.5 Å². The Kier molecular flexibility index (Phi) is 11.9. The van der Waals surface area contributed by atoms with Crippen LogP contribution in [0.25, 0.3) is 0 Å². The fourth-order valence-corrected chi connectivity index (χ4v) is 4.30. The fraction of sp³-hybridized carbons (Fsp3) is 0.464. The molecular formula is C28H40N6O5. The van der Waals surface area contributed by atoms with Gasteiger partial charge in [0.25, 0.3) is 0 Å². The van der Waals surface area contributed by atoms with E-state index in [-0.39, 0.29) is 18.8 Å². The van der Waals surface area contributed by atoms with Crippen molar-refractivity contribution in [2.45, 2.75) is 44.8 Å². The van der Waals surface area contributed by atoms with Crippen LogP contribution in [-0.2, 0) is 25.5 Å². The Morgan fingerprint density at radius 1 is 1.13 bits per heavy atom. The maximum Gasteiger partial charge on any atom is 0.343 e. The second kappa shape index (κ2) is 15.6. The van der Waals surface area contributed by atoms with Crippen LogP contribution in [0.4, 0.5) is 11.4 Å². The number of hydrogen-bond donors (Lipinski definition) is 5. The molecule has 0 bridgehead atoms. The summed E-state index contributed by atoms with van der Waals surface area (Å²) in [7, 11) is 0. The summed E-state index contributed by atoms with van der Waals surface area (Å²) in [6.07, 6.45) is 1.06. The third-order valence-corrected chi connectivity index (χ3v) is 6.25. The third kappa shape index (κ3) is 9.77. The molecule has 1 aliphatic rings. The molecule has 212 valence electrons. The van der Waals surface area contributed by atoms with Crippen LogP contribution in [-0.4, -0.2) is 69.4 Å². The smallest absolute Gasteiger partial charge is 0.343 e. The van der Waals surface area contributed by atoms with E-state index in [0.717, 1.165) is 48.7 Å². The van der Waals surface area contributed by atoms with Crippen LogP contribution in [0.1, 0.15) is 31.7 Å². The van der Waals surface area contributed by atoms with Gasteiger partial charge in [0.1, 0.15) is 18.4 Å². The molecule has 3 rings (SSSR count). The summed E-state index contributed by atoms with van der Waals surface area (Å²) in [5.41, 5.74) is 14.0. The van der Waals surface area contributed by atoms with Gasteiger partial charge in [-0.25, -0.2) is 9.59 Å². The lowest BCUT2D eigenvalue weighted by Gasteiger charge is -2.31. The average Bonchev–Trinajstić information content (AvgIpc) is 2.93. The molecule has 2 aromatic rings. The zero-order valence-corrected chi connectivity index (χ0v) is 22.5. The van der Waals surface area contributed by atoms with E-state index in [1.54, 1.807) is 6.92 Å². The van der Waals surface area contributed by atoms with Crippen LogP contribution in [0.3, 0.4) is 0 Å². The molecule has 1 unspecified atom stereocenters. The van der Waals surface area contributed by atoms with E-state index < -0.39 is 24.1 Å².